The second kappa shape index (κ2) is 8.83. The highest BCUT2D eigenvalue weighted by atomic mass is 16.2. The highest BCUT2D eigenvalue weighted by Gasteiger charge is 2.32. The summed E-state index contributed by atoms with van der Waals surface area (Å²) in [5.41, 5.74) is 2.31. The number of imide groups is 1. The van der Waals surface area contributed by atoms with Crippen LogP contribution in [0.5, 0.6) is 0 Å². The van der Waals surface area contributed by atoms with Crippen molar-refractivity contribution in [2.24, 2.45) is 13.0 Å². The van der Waals surface area contributed by atoms with E-state index in [0.717, 1.165) is 61.0 Å². The van der Waals surface area contributed by atoms with E-state index >= 15 is 0 Å². The number of aromatic nitrogens is 2. The molecule has 3 aliphatic rings. The first-order chi connectivity index (χ1) is 15.5. The molecular weight excluding hydrogens is 406 g/mol. The largest absolute Gasteiger partial charge is 0.348 e. The van der Waals surface area contributed by atoms with Crippen molar-refractivity contribution >= 4 is 22.8 Å². The third kappa shape index (κ3) is 3.79. The predicted molar refractivity (Wildman–Crippen MR) is 123 cm³/mol. The summed E-state index contributed by atoms with van der Waals surface area (Å²) in [6, 6.07) is 5.91. The molecule has 0 unspecified atom stereocenters. The van der Waals surface area contributed by atoms with E-state index < -0.39 is 0 Å². The monoisotopic (exact) mass is 439 g/mol. The van der Waals surface area contributed by atoms with E-state index in [0.29, 0.717) is 30.7 Å². The number of piperidine rings is 3. The fraction of sp³-hybridized carbons (Fsp3) is 0.625. The second-order valence-electron chi connectivity index (χ2n) is 9.59. The Morgan fingerprint density at radius 1 is 0.969 bits per heavy atom. The lowest BCUT2D eigenvalue weighted by atomic mass is 9.87. The van der Waals surface area contributed by atoms with Crippen LogP contribution < -0.4 is 16.0 Å². The van der Waals surface area contributed by atoms with Gasteiger partial charge in [-0.3, -0.25) is 14.2 Å². The van der Waals surface area contributed by atoms with Crippen molar-refractivity contribution in [3.8, 4) is 0 Å². The smallest absolute Gasteiger partial charge is 0.317 e. The van der Waals surface area contributed by atoms with Gasteiger partial charge < -0.3 is 10.2 Å². The topological polar surface area (TPSA) is 79.6 Å². The minimum absolute atomic E-state index is 0.295. The molecule has 1 aromatic carbocycles. The molecule has 0 spiro atoms. The Kier molecular flexibility index (Phi) is 5.90. The third-order valence-electron chi connectivity index (χ3n) is 7.53. The first kappa shape index (κ1) is 21.4. The van der Waals surface area contributed by atoms with Gasteiger partial charge in [-0.1, -0.05) is 12.1 Å². The van der Waals surface area contributed by atoms with Crippen molar-refractivity contribution < 1.29 is 9.59 Å². The quantitative estimate of drug-likeness (QED) is 0.734. The van der Waals surface area contributed by atoms with E-state index in [9.17, 15) is 14.4 Å². The zero-order valence-electron chi connectivity index (χ0n) is 18.9. The lowest BCUT2D eigenvalue weighted by Crippen LogP contribution is -2.52. The van der Waals surface area contributed by atoms with Crippen LogP contribution in [-0.2, 0) is 16.6 Å². The molecule has 172 valence electrons. The minimum atomic E-state index is -0.334. The molecule has 5 rings (SSSR count). The van der Waals surface area contributed by atoms with Gasteiger partial charge in [-0.05, 0) is 81.7 Å². The molecule has 2 amide bonds. The Balaban J connectivity index is 1.40. The maximum Gasteiger partial charge on any atom is 0.348 e. The second-order valence-corrected chi connectivity index (χ2v) is 9.59. The number of rotatable bonds is 4. The SMILES string of the molecule is Cn1c(=O)n(N2C(=O)CCCC2=O)c2cccc(C3CCN(CC4CCNCC4)CC3)c21. The number of para-hydroxylation sites is 1. The molecule has 3 saturated heterocycles. The molecule has 8 nitrogen and oxygen atoms in total. The van der Waals surface area contributed by atoms with Crippen LogP contribution in [0.4, 0.5) is 0 Å². The zero-order chi connectivity index (χ0) is 22.2. The third-order valence-corrected chi connectivity index (χ3v) is 7.53. The van der Waals surface area contributed by atoms with Crippen LogP contribution in [0.2, 0.25) is 0 Å². The van der Waals surface area contributed by atoms with Crippen LogP contribution in [0.25, 0.3) is 11.0 Å². The average Bonchev–Trinajstić information content (AvgIpc) is 3.06. The predicted octanol–water partition coefficient (Wildman–Crippen LogP) is 1.69. The molecule has 0 bridgehead atoms. The summed E-state index contributed by atoms with van der Waals surface area (Å²) in [5.74, 6) is 0.572. The molecule has 2 aromatic rings. The molecule has 1 N–H and O–H groups in total. The minimum Gasteiger partial charge on any atom is -0.317 e. The number of aryl methyl sites for hydroxylation is 1. The number of nitrogens with one attached hydrogen (secondary N) is 1. The van der Waals surface area contributed by atoms with Crippen molar-refractivity contribution in [3.63, 3.8) is 0 Å². The Morgan fingerprint density at radius 3 is 2.34 bits per heavy atom. The van der Waals surface area contributed by atoms with Gasteiger partial charge in [0.15, 0.2) is 0 Å². The molecule has 3 aliphatic heterocycles. The number of carbonyl (C=O) groups excluding carboxylic acids is 2. The Morgan fingerprint density at radius 2 is 1.66 bits per heavy atom. The summed E-state index contributed by atoms with van der Waals surface area (Å²) in [7, 11) is 1.75. The van der Waals surface area contributed by atoms with Crippen molar-refractivity contribution in [1.82, 2.24) is 19.5 Å². The first-order valence-corrected chi connectivity index (χ1v) is 12.0. The van der Waals surface area contributed by atoms with Crippen molar-refractivity contribution in [3.05, 3.63) is 34.2 Å². The summed E-state index contributed by atoms with van der Waals surface area (Å²) in [6.45, 7) is 5.60. The summed E-state index contributed by atoms with van der Waals surface area (Å²) < 4.78 is 2.91. The Hall–Kier alpha value is -2.45. The maximum atomic E-state index is 13.2. The van der Waals surface area contributed by atoms with E-state index in [1.807, 2.05) is 12.1 Å². The number of nitrogens with zero attached hydrogens (tertiary/aromatic N) is 4. The number of carbonyl (C=O) groups is 2. The van der Waals surface area contributed by atoms with E-state index in [1.165, 1.54) is 24.1 Å². The van der Waals surface area contributed by atoms with Gasteiger partial charge in [0.2, 0.25) is 11.8 Å². The normalized spacial score (nSPS) is 22.2. The number of hydrogen-bond donors (Lipinski definition) is 1. The lowest BCUT2D eigenvalue weighted by Gasteiger charge is -2.35. The average molecular weight is 440 g/mol. The van der Waals surface area contributed by atoms with Gasteiger partial charge in [0.1, 0.15) is 0 Å². The van der Waals surface area contributed by atoms with Gasteiger partial charge in [0.25, 0.3) is 0 Å². The number of benzene rings is 1. The van der Waals surface area contributed by atoms with E-state index in [1.54, 1.807) is 11.6 Å². The molecule has 0 radical (unpaired) electrons. The molecule has 32 heavy (non-hydrogen) atoms. The molecule has 8 heteroatoms. The number of fused-ring (bicyclic) bond motifs is 1. The number of hydrogen-bond acceptors (Lipinski definition) is 5. The van der Waals surface area contributed by atoms with Gasteiger partial charge >= 0.3 is 5.69 Å². The molecule has 0 saturated carbocycles. The van der Waals surface area contributed by atoms with Gasteiger partial charge in [-0.2, -0.15) is 9.69 Å². The number of imidazole rings is 1. The summed E-state index contributed by atoms with van der Waals surface area (Å²) in [4.78, 5) is 40.8. The van der Waals surface area contributed by atoms with E-state index in [4.69, 9.17) is 0 Å². The summed E-state index contributed by atoms with van der Waals surface area (Å²) in [6.07, 6.45) is 5.80. The maximum absolute atomic E-state index is 13.2. The number of amides is 2. The van der Waals surface area contributed by atoms with Gasteiger partial charge in [-0.15, -0.1) is 0 Å². The fourth-order valence-corrected chi connectivity index (χ4v) is 5.77. The van der Waals surface area contributed by atoms with Crippen LogP contribution in [0.1, 0.15) is 56.4 Å². The molecular formula is C24H33N5O3. The van der Waals surface area contributed by atoms with Crippen LogP contribution in [0.3, 0.4) is 0 Å². The van der Waals surface area contributed by atoms with Crippen LogP contribution in [0, 0.1) is 5.92 Å². The highest BCUT2D eigenvalue weighted by Crippen LogP contribution is 2.33. The molecule has 3 fully saturated rings. The molecule has 1 aromatic heterocycles. The molecule has 0 aliphatic carbocycles. The molecule has 0 atom stereocenters. The van der Waals surface area contributed by atoms with Gasteiger partial charge in [0.05, 0.1) is 11.0 Å². The van der Waals surface area contributed by atoms with Crippen LogP contribution in [-0.4, -0.2) is 58.7 Å². The van der Waals surface area contributed by atoms with Crippen molar-refractivity contribution in [2.45, 2.75) is 50.9 Å². The summed E-state index contributed by atoms with van der Waals surface area (Å²) in [5, 5.41) is 4.51. The van der Waals surface area contributed by atoms with E-state index in [2.05, 4.69) is 16.3 Å². The van der Waals surface area contributed by atoms with Crippen LogP contribution >= 0.6 is 0 Å². The van der Waals surface area contributed by atoms with Crippen molar-refractivity contribution in [1.29, 1.82) is 0 Å². The fourth-order valence-electron chi connectivity index (χ4n) is 5.77. The van der Waals surface area contributed by atoms with E-state index in [-0.39, 0.29) is 17.5 Å². The lowest BCUT2D eigenvalue weighted by molar-refractivity contribution is -0.131. The first-order valence-electron chi connectivity index (χ1n) is 12.0. The van der Waals surface area contributed by atoms with Crippen LogP contribution in [0.15, 0.2) is 23.0 Å². The van der Waals surface area contributed by atoms with Gasteiger partial charge in [0, 0.05) is 26.4 Å². The summed E-state index contributed by atoms with van der Waals surface area (Å²) >= 11 is 0. The Bertz CT molecular complexity index is 1060. The Labute approximate surface area is 188 Å². The zero-order valence-corrected chi connectivity index (χ0v) is 18.9. The van der Waals surface area contributed by atoms with Gasteiger partial charge in [-0.25, -0.2) is 4.79 Å². The van der Waals surface area contributed by atoms with Crippen molar-refractivity contribution in [2.75, 3.05) is 37.7 Å². The highest BCUT2D eigenvalue weighted by molar-refractivity contribution is 6.11. The standard InChI is InChI=1S/C24H33N5O3/c1-26-23-19(18-10-14-27(15-11-18)16-17-8-12-25-13-9-17)4-2-5-20(23)28(24(26)32)29-21(30)6-3-7-22(29)31/h2,4-5,17-18,25H,3,6-16H2,1H3. The molecule has 4 heterocycles. The number of likely N-dealkylation sites (tertiary alicyclic amines) is 1.